The number of nitrogens with one attached hydrogen (secondary N) is 1. The summed E-state index contributed by atoms with van der Waals surface area (Å²) in [7, 11) is -3.96. The summed E-state index contributed by atoms with van der Waals surface area (Å²) in [6, 6.07) is 8.55. The Bertz CT molecular complexity index is 1560. The molecule has 1 fully saturated rings. The highest BCUT2D eigenvalue weighted by molar-refractivity contribution is 7.89. The normalized spacial score (nSPS) is 17.5. The van der Waals surface area contributed by atoms with Gasteiger partial charge in [-0.15, -0.1) is 0 Å². The molecule has 2 heterocycles. The van der Waals surface area contributed by atoms with E-state index in [-0.39, 0.29) is 21.9 Å². The molecule has 1 aliphatic heterocycles. The lowest BCUT2D eigenvalue weighted by Gasteiger charge is -2.31. The van der Waals surface area contributed by atoms with Crippen molar-refractivity contribution in [1.29, 1.82) is 0 Å². The summed E-state index contributed by atoms with van der Waals surface area (Å²) in [4.78, 5) is 22.2. The molecule has 0 unspecified atom stereocenters. The third-order valence-corrected chi connectivity index (χ3v) is 8.21. The van der Waals surface area contributed by atoms with Crippen LogP contribution >= 0.6 is 0 Å². The lowest BCUT2D eigenvalue weighted by atomic mass is 9.92. The van der Waals surface area contributed by atoms with Gasteiger partial charge in [-0.1, -0.05) is 81.7 Å². The van der Waals surface area contributed by atoms with E-state index >= 15 is 0 Å². The number of aromatic nitrogens is 1. The Kier molecular flexibility index (Phi) is 11.4. The molecule has 42 heavy (non-hydrogen) atoms. The molecule has 1 N–H and O–H groups in total. The summed E-state index contributed by atoms with van der Waals surface area (Å²) in [6.45, 7) is 19.5. The fraction of sp³-hybridized carbons (Fsp3) is 0.294. The van der Waals surface area contributed by atoms with Crippen LogP contribution in [0.2, 0.25) is 0 Å². The second-order valence-electron chi connectivity index (χ2n) is 11.0. The van der Waals surface area contributed by atoms with Crippen molar-refractivity contribution in [3.05, 3.63) is 121 Å². The number of benzene rings is 1. The van der Waals surface area contributed by atoms with Crippen molar-refractivity contribution < 1.29 is 13.2 Å². The number of rotatable bonds is 11. The number of fused-ring (bicyclic) bond motifs is 1. The van der Waals surface area contributed by atoms with Gasteiger partial charge in [-0.2, -0.15) is 0 Å². The number of hydrogen-bond acceptors (Lipinski definition) is 5. The van der Waals surface area contributed by atoms with Crippen LogP contribution in [0.15, 0.2) is 126 Å². The molecule has 0 aliphatic carbocycles. The smallest absolute Gasteiger partial charge is 0.264 e. The summed E-state index contributed by atoms with van der Waals surface area (Å²) < 4.78 is 29.1. The molecule has 0 saturated carbocycles. The van der Waals surface area contributed by atoms with Crippen LogP contribution in [0.25, 0.3) is 10.9 Å². The average molecular weight is 587 g/mol. The van der Waals surface area contributed by atoms with E-state index in [9.17, 15) is 13.2 Å². The minimum atomic E-state index is -3.96. The van der Waals surface area contributed by atoms with Gasteiger partial charge in [-0.05, 0) is 55.2 Å². The molecule has 3 rings (SSSR count). The predicted octanol–water partition coefficient (Wildman–Crippen LogP) is 5.94. The summed E-state index contributed by atoms with van der Waals surface area (Å²) in [5.41, 5.74) is 2.04. The number of amides is 1. The minimum Gasteiger partial charge on any atom is -0.337 e. The topological polar surface area (TPSA) is 82.6 Å². The first-order chi connectivity index (χ1) is 20.0. The van der Waals surface area contributed by atoms with Crippen LogP contribution in [-0.4, -0.2) is 61.8 Å². The number of hydrogen-bond donors (Lipinski definition) is 1. The molecule has 0 spiro atoms. The zero-order valence-corrected chi connectivity index (χ0v) is 25.9. The monoisotopic (exact) mass is 586 g/mol. The molecule has 2 aromatic rings. The van der Waals surface area contributed by atoms with Gasteiger partial charge in [0.15, 0.2) is 0 Å². The average Bonchev–Trinajstić information content (AvgIpc) is 3.12. The molecule has 0 bridgehead atoms. The van der Waals surface area contributed by atoms with Gasteiger partial charge in [0.05, 0.1) is 5.52 Å². The number of pyridine rings is 1. The number of nitrogens with zero attached hydrogens (tertiary/aromatic N) is 3. The van der Waals surface area contributed by atoms with E-state index in [4.69, 9.17) is 0 Å². The Morgan fingerprint density at radius 1 is 1.02 bits per heavy atom. The maximum absolute atomic E-state index is 13.6. The van der Waals surface area contributed by atoms with Gasteiger partial charge in [0, 0.05) is 55.6 Å². The van der Waals surface area contributed by atoms with Gasteiger partial charge in [0.1, 0.15) is 4.90 Å². The molecule has 222 valence electrons. The van der Waals surface area contributed by atoms with Crippen molar-refractivity contribution in [2.24, 2.45) is 5.41 Å². The van der Waals surface area contributed by atoms with Crippen LogP contribution < -0.4 is 4.72 Å². The van der Waals surface area contributed by atoms with E-state index in [0.29, 0.717) is 24.2 Å². The van der Waals surface area contributed by atoms with Gasteiger partial charge in [0.25, 0.3) is 15.9 Å². The quantitative estimate of drug-likeness (QED) is 0.260. The lowest BCUT2D eigenvalue weighted by Crippen LogP contribution is -2.39. The minimum absolute atomic E-state index is 0.0619. The predicted molar refractivity (Wildman–Crippen MR) is 173 cm³/mol. The van der Waals surface area contributed by atoms with E-state index in [1.54, 1.807) is 36.5 Å². The molecular formula is C34H42N4O3S. The summed E-state index contributed by atoms with van der Waals surface area (Å²) in [6.07, 6.45) is 17.9. The van der Waals surface area contributed by atoms with Crippen LogP contribution in [0, 0.1) is 5.41 Å². The van der Waals surface area contributed by atoms with Crippen molar-refractivity contribution in [3.8, 4) is 0 Å². The molecule has 1 aromatic heterocycles. The van der Waals surface area contributed by atoms with Crippen molar-refractivity contribution in [1.82, 2.24) is 19.5 Å². The molecule has 1 aromatic carbocycles. The summed E-state index contributed by atoms with van der Waals surface area (Å²) in [5.74, 6) is -0.154. The van der Waals surface area contributed by atoms with Crippen molar-refractivity contribution in [2.45, 2.75) is 32.6 Å². The molecular weight excluding hydrogens is 544 g/mol. The van der Waals surface area contributed by atoms with Crippen molar-refractivity contribution >= 4 is 26.8 Å². The first-order valence-corrected chi connectivity index (χ1v) is 15.5. The molecule has 1 saturated heterocycles. The zero-order chi connectivity index (χ0) is 30.8. The van der Waals surface area contributed by atoms with E-state index in [2.05, 4.69) is 53.8 Å². The third-order valence-electron chi connectivity index (χ3n) is 6.80. The lowest BCUT2D eigenvalue weighted by molar-refractivity contribution is -0.127. The highest BCUT2D eigenvalue weighted by atomic mass is 32.2. The molecule has 1 aliphatic rings. The van der Waals surface area contributed by atoms with Crippen LogP contribution in [0.5, 0.6) is 0 Å². The van der Waals surface area contributed by atoms with Gasteiger partial charge in [-0.3, -0.25) is 19.4 Å². The second kappa shape index (κ2) is 14.8. The maximum atomic E-state index is 13.6. The zero-order valence-electron chi connectivity index (χ0n) is 25.1. The Morgan fingerprint density at radius 2 is 1.79 bits per heavy atom. The van der Waals surface area contributed by atoms with E-state index in [1.807, 2.05) is 37.0 Å². The number of allylic oxidation sites excluding steroid dienone is 7. The second-order valence-corrected chi connectivity index (χ2v) is 12.6. The van der Waals surface area contributed by atoms with Crippen molar-refractivity contribution in [2.75, 3.05) is 32.7 Å². The maximum Gasteiger partial charge on any atom is 0.264 e. The van der Waals surface area contributed by atoms with Crippen LogP contribution in [-0.2, 0) is 14.8 Å². The van der Waals surface area contributed by atoms with Crippen molar-refractivity contribution in [3.63, 3.8) is 0 Å². The Balaban J connectivity index is 1.80. The summed E-state index contributed by atoms with van der Waals surface area (Å²) >= 11 is 0. The molecule has 7 nitrogen and oxygen atoms in total. The number of carbonyl (C=O) groups excluding carboxylic acids is 1. The molecule has 1 amide bonds. The van der Waals surface area contributed by atoms with E-state index in [1.165, 1.54) is 29.9 Å². The Morgan fingerprint density at radius 3 is 2.48 bits per heavy atom. The molecule has 0 atom stereocenters. The first-order valence-electron chi connectivity index (χ1n) is 14.0. The molecule has 0 radical (unpaired) electrons. The standard InChI is InChI=1S/C34H42N4O3S/c1-7-11-15-27(14-8-2)24-37-22-23-38(26-34(5,6)25-37)33(39)28(9-3)19-20-30(10-4)36-42(40,41)31-18-12-16-29-17-13-21-35-32(29)31/h7-21,36H,3-4,22-26H2,1-2,5-6H3/b11-7-,14-8-,27-15+,28-19+,30-20+. The summed E-state index contributed by atoms with van der Waals surface area (Å²) in [5, 5.41) is 0.717. The van der Waals surface area contributed by atoms with Gasteiger partial charge < -0.3 is 4.90 Å². The fourth-order valence-electron chi connectivity index (χ4n) is 4.99. The first kappa shape index (κ1) is 32.5. The highest BCUT2D eigenvalue weighted by Crippen LogP contribution is 2.25. The van der Waals surface area contributed by atoms with E-state index < -0.39 is 10.0 Å². The van der Waals surface area contributed by atoms with Crippen LogP contribution in [0.3, 0.4) is 0 Å². The van der Waals surface area contributed by atoms with Gasteiger partial charge >= 0.3 is 0 Å². The van der Waals surface area contributed by atoms with E-state index in [0.717, 1.165) is 25.0 Å². The molecule has 8 heteroatoms. The number of carbonyl (C=O) groups is 1. The fourth-order valence-corrected chi connectivity index (χ4v) is 6.24. The number of sulfonamides is 1. The van der Waals surface area contributed by atoms with Crippen LogP contribution in [0.4, 0.5) is 0 Å². The number of para-hydroxylation sites is 1. The Hall–Kier alpha value is -4.01. The SMILES string of the molecule is C=C/C(=C\C=C(/C=C)C(=O)N1CCN(CC(/C=C\C)=C/C=C\C)CC(C)(C)C1)NS(=O)(=O)c1cccc2cccnc12. The van der Waals surface area contributed by atoms with Gasteiger partial charge in [-0.25, -0.2) is 8.42 Å². The largest absolute Gasteiger partial charge is 0.337 e. The van der Waals surface area contributed by atoms with Gasteiger partial charge in [0.2, 0.25) is 0 Å². The van der Waals surface area contributed by atoms with Crippen LogP contribution in [0.1, 0.15) is 27.7 Å². The Labute approximate surface area is 251 Å². The highest BCUT2D eigenvalue weighted by Gasteiger charge is 2.31. The third kappa shape index (κ3) is 8.74.